The molecule has 0 saturated heterocycles. The van der Waals surface area contributed by atoms with Gasteiger partial charge >= 0.3 is 6.01 Å². The molecule has 0 aliphatic carbocycles. The topological polar surface area (TPSA) is 104 Å². The highest BCUT2D eigenvalue weighted by Crippen LogP contribution is 2.32. The van der Waals surface area contributed by atoms with Crippen LogP contribution in [0, 0.1) is 0 Å². The summed E-state index contributed by atoms with van der Waals surface area (Å²) in [5.74, 6) is 1.29. The zero-order valence-electron chi connectivity index (χ0n) is 14.3. The Labute approximate surface area is 148 Å². The van der Waals surface area contributed by atoms with Crippen LogP contribution in [0.4, 0.5) is 6.01 Å². The first-order chi connectivity index (χ1) is 12.6. The van der Waals surface area contributed by atoms with E-state index in [0.717, 1.165) is 5.56 Å². The van der Waals surface area contributed by atoms with E-state index in [4.69, 9.17) is 13.9 Å². The number of hydrogen-bond acceptors (Lipinski definition) is 7. The molecule has 3 heterocycles. The number of hydrogen-bond donors (Lipinski definition) is 1. The molecule has 0 atom stereocenters. The molecule has 1 aromatic carbocycles. The lowest BCUT2D eigenvalue weighted by Gasteiger charge is -2.03. The normalized spacial score (nSPS) is 12.6. The van der Waals surface area contributed by atoms with Crippen molar-refractivity contribution in [3.8, 4) is 23.1 Å². The Morgan fingerprint density at radius 3 is 2.88 bits per heavy atom. The number of anilines is 1. The van der Waals surface area contributed by atoms with Crippen LogP contribution < -0.4 is 14.8 Å². The van der Waals surface area contributed by atoms with E-state index < -0.39 is 0 Å². The highest BCUT2D eigenvalue weighted by atomic mass is 16.7. The van der Waals surface area contributed by atoms with Crippen LogP contribution in [0.1, 0.15) is 25.5 Å². The lowest BCUT2D eigenvalue weighted by Crippen LogP contribution is -2.14. The minimum absolute atomic E-state index is 0.0323. The molecule has 0 fully saturated rings. The highest BCUT2D eigenvalue weighted by molar-refractivity contribution is 5.90. The van der Waals surface area contributed by atoms with Gasteiger partial charge in [-0.25, -0.2) is 0 Å². The van der Waals surface area contributed by atoms with Gasteiger partial charge in [-0.2, -0.15) is 5.10 Å². The number of carbonyl (C=O) groups excluding carboxylic acids is 1. The largest absolute Gasteiger partial charge is 0.454 e. The molecule has 0 unspecified atom stereocenters. The molecular formula is C17H17N5O4. The van der Waals surface area contributed by atoms with Crippen molar-refractivity contribution >= 4 is 11.9 Å². The third kappa shape index (κ3) is 3.23. The smallest absolute Gasteiger partial charge is 0.322 e. The zero-order chi connectivity index (χ0) is 18.1. The van der Waals surface area contributed by atoms with Crippen molar-refractivity contribution in [1.29, 1.82) is 0 Å². The number of rotatable bonds is 5. The van der Waals surface area contributed by atoms with E-state index in [2.05, 4.69) is 20.6 Å². The Morgan fingerprint density at radius 2 is 2.08 bits per heavy atom. The summed E-state index contributed by atoms with van der Waals surface area (Å²) in [6, 6.07) is 7.41. The number of nitrogens with one attached hydrogen (secondary N) is 1. The van der Waals surface area contributed by atoms with Gasteiger partial charge in [0.2, 0.25) is 12.7 Å². The molecule has 0 spiro atoms. The summed E-state index contributed by atoms with van der Waals surface area (Å²) in [5.41, 5.74) is 1.35. The van der Waals surface area contributed by atoms with E-state index >= 15 is 0 Å². The quantitative estimate of drug-likeness (QED) is 0.749. The van der Waals surface area contributed by atoms with E-state index in [9.17, 15) is 4.79 Å². The molecule has 134 valence electrons. The van der Waals surface area contributed by atoms with Gasteiger partial charge in [0, 0.05) is 12.2 Å². The Morgan fingerprint density at radius 1 is 1.23 bits per heavy atom. The predicted octanol–water partition coefficient (Wildman–Crippen LogP) is 2.42. The Balaban J connectivity index is 1.41. The fourth-order valence-corrected chi connectivity index (χ4v) is 2.52. The lowest BCUT2D eigenvalue weighted by atomic mass is 10.1. The molecule has 4 rings (SSSR count). The molecule has 0 radical (unpaired) electrons. The van der Waals surface area contributed by atoms with Gasteiger partial charge in [0.25, 0.3) is 5.89 Å². The molecule has 1 amide bonds. The van der Waals surface area contributed by atoms with Crippen LogP contribution in [-0.2, 0) is 11.2 Å². The van der Waals surface area contributed by atoms with E-state index in [1.165, 1.54) is 0 Å². The molecule has 1 aliphatic heterocycles. The standard InChI is InChI=1S/C17H17N5O4/c1-10(2)22-6-5-12(21-22)16-19-20-17(26-16)18-15(23)8-11-3-4-13-14(7-11)25-9-24-13/h3-7,10H,8-9H2,1-2H3,(H,18,20,23). The van der Waals surface area contributed by atoms with Crippen molar-refractivity contribution in [2.45, 2.75) is 26.3 Å². The molecule has 1 N–H and O–H groups in total. The van der Waals surface area contributed by atoms with Crippen molar-refractivity contribution in [3.63, 3.8) is 0 Å². The van der Waals surface area contributed by atoms with Gasteiger partial charge in [0.15, 0.2) is 11.5 Å². The number of amides is 1. The van der Waals surface area contributed by atoms with Gasteiger partial charge in [-0.05, 0) is 37.6 Å². The molecule has 3 aromatic rings. The predicted molar refractivity (Wildman–Crippen MR) is 90.8 cm³/mol. The van der Waals surface area contributed by atoms with Crippen molar-refractivity contribution in [3.05, 3.63) is 36.0 Å². The maximum Gasteiger partial charge on any atom is 0.322 e. The second-order valence-electron chi connectivity index (χ2n) is 6.10. The number of fused-ring (bicyclic) bond motifs is 1. The number of benzene rings is 1. The number of ether oxygens (including phenoxy) is 2. The van der Waals surface area contributed by atoms with E-state index in [-0.39, 0.29) is 37.1 Å². The van der Waals surface area contributed by atoms with Crippen LogP contribution in [-0.4, -0.2) is 32.7 Å². The summed E-state index contributed by atoms with van der Waals surface area (Å²) < 4.78 is 17.8. The molecule has 2 aromatic heterocycles. The average Bonchev–Trinajstić information content (AvgIpc) is 3.34. The third-order valence-electron chi connectivity index (χ3n) is 3.83. The van der Waals surface area contributed by atoms with Crippen molar-refractivity contribution in [1.82, 2.24) is 20.0 Å². The minimum atomic E-state index is -0.272. The summed E-state index contributed by atoms with van der Waals surface area (Å²) in [6.45, 7) is 4.24. The minimum Gasteiger partial charge on any atom is -0.454 e. The monoisotopic (exact) mass is 355 g/mol. The van der Waals surface area contributed by atoms with E-state index in [0.29, 0.717) is 17.2 Å². The van der Waals surface area contributed by atoms with Crippen molar-refractivity contribution in [2.75, 3.05) is 12.1 Å². The molecular weight excluding hydrogens is 338 g/mol. The zero-order valence-corrected chi connectivity index (χ0v) is 14.3. The number of aromatic nitrogens is 4. The van der Waals surface area contributed by atoms with Gasteiger partial charge in [-0.3, -0.25) is 14.8 Å². The molecule has 9 nitrogen and oxygen atoms in total. The summed E-state index contributed by atoms with van der Waals surface area (Å²) in [5, 5.41) is 14.7. The summed E-state index contributed by atoms with van der Waals surface area (Å²) in [7, 11) is 0. The second-order valence-corrected chi connectivity index (χ2v) is 6.10. The summed E-state index contributed by atoms with van der Waals surface area (Å²) in [4.78, 5) is 12.2. The van der Waals surface area contributed by atoms with Crippen molar-refractivity contribution < 1.29 is 18.7 Å². The van der Waals surface area contributed by atoms with Gasteiger partial charge < -0.3 is 13.9 Å². The van der Waals surface area contributed by atoms with E-state index in [1.807, 2.05) is 26.1 Å². The van der Waals surface area contributed by atoms with Crippen LogP contribution in [0.5, 0.6) is 11.5 Å². The van der Waals surface area contributed by atoms with Gasteiger partial charge in [0.05, 0.1) is 6.42 Å². The first kappa shape index (κ1) is 16.1. The summed E-state index contributed by atoms with van der Waals surface area (Å²) in [6.07, 6.45) is 1.98. The fourth-order valence-electron chi connectivity index (χ4n) is 2.52. The Kier molecular flexibility index (Phi) is 4.04. The highest BCUT2D eigenvalue weighted by Gasteiger charge is 2.17. The van der Waals surface area contributed by atoms with Gasteiger partial charge in [0.1, 0.15) is 5.69 Å². The van der Waals surface area contributed by atoms with Crippen LogP contribution in [0.15, 0.2) is 34.9 Å². The second kappa shape index (κ2) is 6.51. The van der Waals surface area contributed by atoms with Crippen molar-refractivity contribution in [2.24, 2.45) is 0 Å². The number of carbonyl (C=O) groups is 1. The number of nitrogens with zero attached hydrogens (tertiary/aromatic N) is 4. The lowest BCUT2D eigenvalue weighted by molar-refractivity contribution is -0.115. The van der Waals surface area contributed by atoms with Gasteiger partial charge in [-0.15, -0.1) is 5.10 Å². The van der Waals surface area contributed by atoms with Crippen LogP contribution in [0.25, 0.3) is 11.6 Å². The van der Waals surface area contributed by atoms with Crippen LogP contribution in [0.3, 0.4) is 0 Å². The maximum atomic E-state index is 12.2. The SMILES string of the molecule is CC(C)n1ccc(-c2nnc(NC(=O)Cc3ccc4c(c3)OCO4)o2)n1. The van der Waals surface area contributed by atoms with Gasteiger partial charge in [-0.1, -0.05) is 11.2 Å². The van der Waals surface area contributed by atoms with E-state index in [1.54, 1.807) is 22.9 Å². The Bertz CT molecular complexity index is 946. The third-order valence-corrected chi connectivity index (χ3v) is 3.83. The average molecular weight is 355 g/mol. The van der Waals surface area contributed by atoms with Crippen LogP contribution in [0.2, 0.25) is 0 Å². The van der Waals surface area contributed by atoms with Crippen LogP contribution >= 0.6 is 0 Å². The molecule has 9 heteroatoms. The molecule has 26 heavy (non-hydrogen) atoms. The molecule has 0 saturated carbocycles. The first-order valence-corrected chi connectivity index (χ1v) is 8.16. The molecule has 0 bridgehead atoms. The fraction of sp³-hybridized carbons (Fsp3) is 0.294. The Hall–Kier alpha value is -3.36. The molecule has 1 aliphatic rings. The maximum absolute atomic E-state index is 12.2. The summed E-state index contributed by atoms with van der Waals surface area (Å²) >= 11 is 0. The first-order valence-electron chi connectivity index (χ1n) is 8.16.